The molecule has 0 spiro atoms. The van der Waals surface area contributed by atoms with E-state index >= 15 is 0 Å². The van der Waals surface area contributed by atoms with Gasteiger partial charge in [0.1, 0.15) is 17.1 Å². The molecule has 0 aromatic heterocycles. The smallest absolute Gasteiger partial charge is 0.191 e. The van der Waals surface area contributed by atoms with Gasteiger partial charge in [-0.3, -0.25) is 5.43 Å². The van der Waals surface area contributed by atoms with Gasteiger partial charge in [-0.15, -0.1) is 0 Å². The molecule has 0 bridgehead atoms. The Morgan fingerprint density at radius 1 is 1.19 bits per heavy atom. The lowest BCUT2D eigenvalue weighted by molar-refractivity contribution is 0.111. The number of methoxy groups -OCH3 is 1. The number of fused-ring (bicyclic) bond motifs is 1. The predicted octanol–water partition coefficient (Wildman–Crippen LogP) is 4.56. The largest absolute Gasteiger partial charge is 0.497 e. The molecular formula is C21H25N3O2S. The van der Waals surface area contributed by atoms with E-state index in [1.807, 2.05) is 64.1 Å². The number of hydrazone groups is 1. The highest BCUT2D eigenvalue weighted by Crippen LogP contribution is 2.35. The van der Waals surface area contributed by atoms with E-state index in [0.717, 1.165) is 39.6 Å². The summed E-state index contributed by atoms with van der Waals surface area (Å²) in [6, 6.07) is 11.9. The Morgan fingerprint density at radius 2 is 1.89 bits per heavy atom. The van der Waals surface area contributed by atoms with Gasteiger partial charge in [-0.2, -0.15) is 5.10 Å². The molecule has 2 aromatic carbocycles. The van der Waals surface area contributed by atoms with Gasteiger partial charge in [0.15, 0.2) is 5.11 Å². The number of hydrogen-bond acceptors (Lipinski definition) is 4. The van der Waals surface area contributed by atoms with Crippen molar-refractivity contribution < 1.29 is 9.47 Å². The SMILES string of the molecule is COc1ccc2c(c1)/C(=N/NC(=S)Nc1c(C)cccc1C)CC(C)(C)O2. The van der Waals surface area contributed by atoms with Crippen LogP contribution in [0.3, 0.4) is 0 Å². The van der Waals surface area contributed by atoms with Crippen LogP contribution in [0.4, 0.5) is 5.69 Å². The van der Waals surface area contributed by atoms with Crippen molar-refractivity contribution in [1.29, 1.82) is 0 Å². The zero-order valence-electron chi connectivity index (χ0n) is 16.3. The van der Waals surface area contributed by atoms with Crippen LogP contribution >= 0.6 is 12.2 Å². The molecule has 1 heterocycles. The van der Waals surface area contributed by atoms with Crippen LogP contribution in [0.25, 0.3) is 0 Å². The predicted molar refractivity (Wildman–Crippen MR) is 114 cm³/mol. The molecule has 27 heavy (non-hydrogen) atoms. The van der Waals surface area contributed by atoms with Gasteiger partial charge >= 0.3 is 0 Å². The number of para-hydroxylation sites is 1. The van der Waals surface area contributed by atoms with E-state index in [9.17, 15) is 0 Å². The number of benzene rings is 2. The Hall–Kier alpha value is -2.60. The third-order valence-electron chi connectivity index (χ3n) is 4.49. The van der Waals surface area contributed by atoms with E-state index < -0.39 is 0 Å². The summed E-state index contributed by atoms with van der Waals surface area (Å²) in [6.07, 6.45) is 0.659. The number of rotatable bonds is 3. The highest BCUT2D eigenvalue weighted by Gasteiger charge is 2.31. The van der Waals surface area contributed by atoms with Crippen LogP contribution in [0.5, 0.6) is 11.5 Å². The highest BCUT2D eigenvalue weighted by molar-refractivity contribution is 7.80. The molecule has 0 aliphatic carbocycles. The second kappa shape index (κ2) is 7.56. The van der Waals surface area contributed by atoms with Crippen molar-refractivity contribution in [2.45, 2.75) is 39.7 Å². The molecule has 0 radical (unpaired) electrons. The Morgan fingerprint density at radius 3 is 2.56 bits per heavy atom. The lowest BCUT2D eigenvalue weighted by Gasteiger charge is -2.33. The number of aryl methyl sites for hydroxylation is 2. The number of nitrogens with one attached hydrogen (secondary N) is 2. The number of hydrogen-bond donors (Lipinski definition) is 2. The monoisotopic (exact) mass is 383 g/mol. The normalized spacial score (nSPS) is 16.3. The van der Waals surface area contributed by atoms with E-state index in [-0.39, 0.29) is 5.60 Å². The van der Waals surface area contributed by atoms with Gasteiger partial charge in [-0.25, -0.2) is 0 Å². The van der Waals surface area contributed by atoms with Crippen LogP contribution in [0.15, 0.2) is 41.5 Å². The van der Waals surface area contributed by atoms with Gasteiger partial charge in [0.25, 0.3) is 0 Å². The summed E-state index contributed by atoms with van der Waals surface area (Å²) >= 11 is 5.44. The van der Waals surface area contributed by atoms with Gasteiger partial charge < -0.3 is 14.8 Å². The van der Waals surface area contributed by atoms with Gasteiger partial charge in [0.2, 0.25) is 0 Å². The summed E-state index contributed by atoms with van der Waals surface area (Å²) in [7, 11) is 1.65. The maximum atomic E-state index is 6.07. The van der Waals surface area contributed by atoms with E-state index in [4.69, 9.17) is 21.7 Å². The molecule has 1 aliphatic rings. The van der Waals surface area contributed by atoms with Crippen LogP contribution in [0.2, 0.25) is 0 Å². The fourth-order valence-electron chi connectivity index (χ4n) is 3.15. The molecule has 0 saturated heterocycles. The standard InChI is InChI=1S/C21H25N3O2S/c1-13-7-6-8-14(2)19(13)22-20(27)24-23-17-12-21(3,4)26-18-10-9-15(25-5)11-16(17)18/h6-11H,12H2,1-5H3,(H2,22,24,27)/b23-17+. The van der Waals surface area contributed by atoms with Crippen molar-refractivity contribution in [2.24, 2.45) is 5.10 Å². The summed E-state index contributed by atoms with van der Waals surface area (Å²) in [5, 5.41) is 8.27. The first-order valence-electron chi connectivity index (χ1n) is 8.86. The molecule has 0 fully saturated rings. The minimum atomic E-state index is -0.343. The van der Waals surface area contributed by atoms with Crippen molar-refractivity contribution >= 4 is 28.7 Å². The topological polar surface area (TPSA) is 54.9 Å². The average molecular weight is 384 g/mol. The molecule has 0 unspecified atom stereocenters. The third-order valence-corrected chi connectivity index (χ3v) is 4.68. The number of ether oxygens (including phenoxy) is 2. The van der Waals surface area contributed by atoms with Crippen molar-refractivity contribution in [3.05, 3.63) is 53.1 Å². The third kappa shape index (κ3) is 4.39. The van der Waals surface area contributed by atoms with Gasteiger partial charge in [-0.1, -0.05) is 18.2 Å². The Kier molecular flexibility index (Phi) is 5.37. The molecule has 6 heteroatoms. The zero-order valence-corrected chi connectivity index (χ0v) is 17.2. The second-order valence-electron chi connectivity index (χ2n) is 7.29. The Labute approximate surface area is 165 Å². The summed E-state index contributed by atoms with van der Waals surface area (Å²) in [5.41, 5.74) is 7.70. The van der Waals surface area contributed by atoms with Crippen molar-refractivity contribution in [2.75, 3.05) is 12.4 Å². The molecule has 1 aliphatic heterocycles. The fourth-order valence-corrected chi connectivity index (χ4v) is 3.30. The van der Waals surface area contributed by atoms with Crippen molar-refractivity contribution in [3.8, 4) is 11.5 Å². The molecule has 0 saturated carbocycles. The maximum absolute atomic E-state index is 6.07. The minimum Gasteiger partial charge on any atom is -0.497 e. The first kappa shape index (κ1) is 19.2. The zero-order chi connectivity index (χ0) is 19.6. The lowest BCUT2D eigenvalue weighted by atomic mass is 9.92. The van der Waals surface area contributed by atoms with E-state index in [1.54, 1.807) is 7.11 Å². The number of anilines is 1. The molecule has 5 nitrogen and oxygen atoms in total. The molecule has 142 valence electrons. The Bertz CT molecular complexity index is 886. The van der Waals surface area contributed by atoms with Crippen molar-refractivity contribution in [3.63, 3.8) is 0 Å². The maximum Gasteiger partial charge on any atom is 0.191 e. The summed E-state index contributed by atoms with van der Waals surface area (Å²) < 4.78 is 11.4. The molecule has 0 atom stereocenters. The summed E-state index contributed by atoms with van der Waals surface area (Å²) in [5.74, 6) is 1.56. The average Bonchev–Trinajstić information content (AvgIpc) is 2.61. The molecule has 2 N–H and O–H groups in total. The van der Waals surface area contributed by atoms with Gasteiger partial charge in [-0.05, 0) is 69.2 Å². The first-order chi connectivity index (χ1) is 12.8. The molecular weight excluding hydrogens is 358 g/mol. The van der Waals surface area contributed by atoms with Crippen LogP contribution in [-0.4, -0.2) is 23.5 Å². The quantitative estimate of drug-likeness (QED) is 0.601. The fraction of sp³-hybridized carbons (Fsp3) is 0.333. The van der Waals surface area contributed by atoms with E-state index in [2.05, 4.69) is 15.8 Å². The summed E-state index contributed by atoms with van der Waals surface area (Å²) in [4.78, 5) is 0. The summed E-state index contributed by atoms with van der Waals surface area (Å²) in [6.45, 7) is 8.19. The number of thiocarbonyl (C=S) groups is 1. The van der Waals surface area contributed by atoms with Crippen molar-refractivity contribution in [1.82, 2.24) is 5.43 Å². The highest BCUT2D eigenvalue weighted by atomic mass is 32.1. The molecule has 0 amide bonds. The molecule has 3 rings (SSSR count). The first-order valence-corrected chi connectivity index (χ1v) is 9.27. The van der Waals surface area contributed by atoms with E-state index in [1.165, 1.54) is 0 Å². The van der Waals surface area contributed by atoms with Crippen LogP contribution in [0.1, 0.15) is 37.0 Å². The lowest BCUT2D eigenvalue weighted by Crippen LogP contribution is -2.37. The molecule has 2 aromatic rings. The Balaban J connectivity index is 1.83. The van der Waals surface area contributed by atoms with Crippen LogP contribution < -0.4 is 20.2 Å². The van der Waals surface area contributed by atoms with Crippen LogP contribution in [0, 0.1) is 13.8 Å². The van der Waals surface area contributed by atoms with E-state index in [0.29, 0.717) is 11.5 Å². The van der Waals surface area contributed by atoms with Gasteiger partial charge in [0, 0.05) is 17.7 Å². The number of nitrogens with zero attached hydrogens (tertiary/aromatic N) is 1. The second-order valence-corrected chi connectivity index (χ2v) is 7.70. The van der Waals surface area contributed by atoms with Gasteiger partial charge in [0.05, 0.1) is 12.8 Å². The van der Waals surface area contributed by atoms with Crippen LogP contribution in [-0.2, 0) is 0 Å². The minimum absolute atomic E-state index is 0.343.